The summed E-state index contributed by atoms with van der Waals surface area (Å²) in [7, 11) is 0. The van der Waals surface area contributed by atoms with Crippen LogP contribution in [0.4, 0.5) is 0 Å². The van der Waals surface area contributed by atoms with Crippen LogP contribution in [-0.2, 0) is 47.5 Å². The molecule has 78 heavy (non-hydrogen) atoms. The quantitative estimate of drug-likeness (QED) is 0.0722. The molecule has 4 aliphatic heterocycles. The second kappa shape index (κ2) is 21.6. The molecule has 0 bridgehead atoms. The Balaban J connectivity index is 1.03. The lowest BCUT2D eigenvalue weighted by Gasteiger charge is -2.72. The van der Waals surface area contributed by atoms with Crippen molar-refractivity contribution in [1.82, 2.24) is 0 Å². The molecule has 4 saturated heterocycles. The Hall–Kier alpha value is -1.96. The largest absolute Gasteiger partial charge is 0.479 e. The number of carbonyl (C=O) groups excluding carboxylic acids is 1. The maximum absolute atomic E-state index is 13.5. The highest BCUT2D eigenvalue weighted by molar-refractivity contribution is 5.86. The Labute approximate surface area is 453 Å². The molecule has 4 saturated carbocycles. The predicted molar refractivity (Wildman–Crippen MR) is 264 cm³/mol. The topological polar surface area (TPSA) is 391 Å². The van der Waals surface area contributed by atoms with Gasteiger partial charge in [-0.05, 0) is 91.3 Å². The maximum Gasteiger partial charge on any atom is 0.335 e. The summed E-state index contributed by atoms with van der Waals surface area (Å²) in [6.07, 6.45) is -32.4. The summed E-state index contributed by atoms with van der Waals surface area (Å²) in [5, 5.41) is 154. The summed E-state index contributed by atoms with van der Waals surface area (Å²) in [6, 6.07) is 0. The van der Waals surface area contributed by atoms with Gasteiger partial charge in [-0.2, -0.15) is 0 Å². The van der Waals surface area contributed by atoms with E-state index in [1.807, 2.05) is 27.7 Å². The Kier molecular flexibility index (Phi) is 16.8. The summed E-state index contributed by atoms with van der Waals surface area (Å²) in [4.78, 5) is 26.6. The summed E-state index contributed by atoms with van der Waals surface area (Å²) in [5.74, 6) is -1.83. The molecule has 14 N–H and O–H groups in total. The van der Waals surface area contributed by atoms with Crippen LogP contribution in [0.15, 0.2) is 11.6 Å². The van der Waals surface area contributed by atoms with E-state index >= 15 is 0 Å². The number of fused-ring (bicyclic) bond motifs is 7. The number of allylic oxidation sites excluding steroid dienone is 2. The lowest BCUT2D eigenvalue weighted by atomic mass is 9.33. The minimum Gasteiger partial charge on any atom is -0.479 e. The third-order valence-electron chi connectivity index (χ3n) is 21.5. The summed E-state index contributed by atoms with van der Waals surface area (Å²) >= 11 is 0. The first kappa shape index (κ1) is 60.6. The number of carboxylic acid groups (broad SMARTS) is 1. The van der Waals surface area contributed by atoms with Crippen molar-refractivity contribution in [3.8, 4) is 0 Å². The molecular weight excluding hydrogens is 1030 g/mol. The van der Waals surface area contributed by atoms with Crippen LogP contribution in [0.2, 0.25) is 0 Å². The molecular formula is C54H86O24. The van der Waals surface area contributed by atoms with Gasteiger partial charge in [0.05, 0.1) is 38.1 Å². The molecule has 0 spiro atoms. The molecule has 0 radical (unpaired) electrons. The first-order valence-electron chi connectivity index (χ1n) is 27.7. The van der Waals surface area contributed by atoms with Gasteiger partial charge in [-0.1, -0.05) is 60.1 Å². The predicted octanol–water partition coefficient (Wildman–Crippen LogP) is -2.29. The Morgan fingerprint density at radius 1 is 0.615 bits per heavy atom. The highest BCUT2D eigenvalue weighted by atomic mass is 16.8. The molecule has 9 rings (SSSR count). The van der Waals surface area contributed by atoms with Gasteiger partial charge in [0.2, 0.25) is 0 Å². The van der Waals surface area contributed by atoms with E-state index in [1.54, 1.807) is 0 Å². The minimum atomic E-state index is -2.24. The van der Waals surface area contributed by atoms with Gasteiger partial charge >= 0.3 is 5.97 Å². The number of ether oxygens (including phenoxy) is 8. The van der Waals surface area contributed by atoms with Gasteiger partial charge in [-0.25, -0.2) is 4.79 Å². The second-order valence-corrected chi connectivity index (χ2v) is 26.3. The third-order valence-corrected chi connectivity index (χ3v) is 21.5. The number of aliphatic hydroxyl groups is 13. The summed E-state index contributed by atoms with van der Waals surface area (Å²) in [5.41, 5.74) is -2.31. The summed E-state index contributed by atoms with van der Waals surface area (Å²) in [6.45, 7) is 14.1. The van der Waals surface area contributed by atoms with Crippen LogP contribution in [-0.4, -0.2) is 238 Å². The zero-order chi connectivity index (χ0) is 57.3. The van der Waals surface area contributed by atoms with Gasteiger partial charge < -0.3 is 109 Å². The monoisotopic (exact) mass is 1120 g/mol. The van der Waals surface area contributed by atoms with E-state index < -0.39 is 176 Å². The standard InChI is InChI=1S/C54H86O24/c1-21-31(60)34(63)36(65)45(71-21)75-40-33(62)25(19-56)73-47(39(40)68)76-41-38(67)42(44(69)70)77-48(43(41)78-46-37(66)35(64)32(61)24(18-55)72-46)74-30-12-13-51(6)26(50(30,4)5)11-14-52(7)27(51)10-9-22-23-15-49(2,3)28(58)17-54(23,20-57)29(59)16-53(22,52)8/h9,21,23-27,29-43,45-48,55-57,59-68H,10-20H2,1-8H3,(H,69,70)/t21-,23-,24+,25+,26-,27+,29+,30-,31-,32+,33-,34+,35-,36+,37+,38-,39+,40-,41-,42-,43+,45-,46-,47-,48+,51-,52+,53+,54+/m0/s1. The fourth-order valence-corrected chi connectivity index (χ4v) is 16.5. The number of aliphatic hydroxyl groups excluding tert-OH is 13. The molecule has 5 aliphatic carbocycles. The molecule has 4 heterocycles. The van der Waals surface area contributed by atoms with Gasteiger partial charge in [-0.15, -0.1) is 0 Å². The number of ketones is 1. The normalized spacial score (nSPS) is 53.9. The molecule has 24 nitrogen and oxygen atoms in total. The van der Waals surface area contributed by atoms with Crippen LogP contribution in [0.5, 0.6) is 0 Å². The highest BCUT2D eigenvalue weighted by Crippen LogP contribution is 2.76. The van der Waals surface area contributed by atoms with Crippen molar-refractivity contribution in [3.63, 3.8) is 0 Å². The lowest BCUT2D eigenvalue weighted by molar-refractivity contribution is -0.402. The minimum absolute atomic E-state index is 0.0367. The number of Topliss-reactive ketones (excluding diaryl/α,β-unsaturated/α-hetero) is 1. The van der Waals surface area contributed by atoms with Gasteiger partial charge in [0.1, 0.15) is 91.2 Å². The molecule has 24 heteroatoms. The van der Waals surface area contributed by atoms with Gasteiger partial charge in [0.25, 0.3) is 0 Å². The first-order chi connectivity index (χ1) is 36.4. The highest BCUT2D eigenvalue weighted by Gasteiger charge is 2.71. The Bertz CT molecular complexity index is 2210. The summed E-state index contributed by atoms with van der Waals surface area (Å²) < 4.78 is 48.5. The van der Waals surface area contributed by atoms with E-state index in [9.17, 15) is 81.1 Å². The van der Waals surface area contributed by atoms with Crippen molar-refractivity contribution in [2.24, 2.45) is 50.2 Å². The van der Waals surface area contributed by atoms with Crippen LogP contribution in [0.1, 0.15) is 107 Å². The zero-order valence-electron chi connectivity index (χ0n) is 45.6. The van der Waals surface area contributed by atoms with Crippen LogP contribution < -0.4 is 0 Å². The number of carbonyl (C=O) groups is 2. The average molecular weight is 1120 g/mol. The number of hydrogen-bond acceptors (Lipinski definition) is 23. The van der Waals surface area contributed by atoms with E-state index in [4.69, 9.17) is 37.9 Å². The van der Waals surface area contributed by atoms with Crippen molar-refractivity contribution in [2.45, 2.75) is 242 Å². The van der Waals surface area contributed by atoms with Crippen molar-refractivity contribution in [1.29, 1.82) is 0 Å². The molecule has 9 aliphatic rings. The van der Waals surface area contributed by atoms with Gasteiger partial charge in [-0.3, -0.25) is 4.79 Å². The molecule has 0 unspecified atom stereocenters. The smallest absolute Gasteiger partial charge is 0.335 e. The molecule has 446 valence electrons. The number of hydrogen-bond donors (Lipinski definition) is 14. The molecule has 0 aromatic rings. The van der Waals surface area contributed by atoms with E-state index in [0.29, 0.717) is 38.5 Å². The maximum atomic E-state index is 13.5. The van der Waals surface area contributed by atoms with Crippen molar-refractivity contribution >= 4 is 11.8 Å². The molecule has 0 aromatic heterocycles. The average Bonchev–Trinajstić information content (AvgIpc) is 3.32. The Morgan fingerprint density at radius 3 is 1.81 bits per heavy atom. The number of aliphatic carboxylic acids is 1. The van der Waals surface area contributed by atoms with E-state index in [-0.39, 0.29) is 47.4 Å². The SMILES string of the molecule is C[C@@H]1O[C@@H](O[C@H]2[C@@H](O)[C@@H](CO)O[C@@H](O[C@H]3[C@H](O)[C@@H](C(=O)O)O[C@@H](O[C@H]4CC[C@]5(C)[C@H]6CC=C7[C@@H]8CC(C)(C)C(=O)C[C@]8(CO)[C@H](O)C[C@@]7(C)[C@]6(C)CC[C@H]5C4(C)C)[C@@H]3O[C@@H]3O[C@H](CO)[C@@H](O)[C@H](O)[C@H]3O)[C@@H]2O)[C@H](O)[C@H](O)[C@H]1O. The van der Waals surface area contributed by atoms with Gasteiger partial charge in [0, 0.05) is 17.3 Å². The first-order valence-corrected chi connectivity index (χ1v) is 27.7. The van der Waals surface area contributed by atoms with Crippen molar-refractivity contribution in [2.75, 3.05) is 19.8 Å². The van der Waals surface area contributed by atoms with Crippen LogP contribution in [0.25, 0.3) is 0 Å². The fraction of sp³-hybridized carbons (Fsp3) is 0.926. The van der Waals surface area contributed by atoms with Crippen molar-refractivity contribution in [3.05, 3.63) is 11.6 Å². The van der Waals surface area contributed by atoms with E-state index in [2.05, 4.69) is 26.8 Å². The molecule has 8 fully saturated rings. The second-order valence-electron chi connectivity index (χ2n) is 26.3. The van der Waals surface area contributed by atoms with E-state index in [1.165, 1.54) is 12.5 Å². The van der Waals surface area contributed by atoms with Crippen LogP contribution >= 0.6 is 0 Å². The molecule has 29 atom stereocenters. The third kappa shape index (κ3) is 9.49. The fourth-order valence-electron chi connectivity index (χ4n) is 16.5. The number of rotatable bonds is 12. The van der Waals surface area contributed by atoms with Crippen LogP contribution in [0, 0.1) is 50.2 Å². The molecule has 0 amide bonds. The zero-order valence-corrected chi connectivity index (χ0v) is 45.6. The number of carboxylic acids is 1. The van der Waals surface area contributed by atoms with Crippen LogP contribution in [0.3, 0.4) is 0 Å². The Morgan fingerprint density at radius 2 is 1.19 bits per heavy atom. The molecule has 0 aromatic carbocycles. The van der Waals surface area contributed by atoms with E-state index in [0.717, 1.165) is 6.42 Å². The lowest BCUT2D eigenvalue weighted by Crippen LogP contribution is -2.69. The van der Waals surface area contributed by atoms with Crippen molar-refractivity contribution < 1.29 is 119 Å². The van der Waals surface area contributed by atoms with Gasteiger partial charge in [0.15, 0.2) is 31.3 Å².